The number of nitrogens with zero attached hydrogens (tertiary/aromatic N) is 1. The van der Waals surface area contributed by atoms with Gasteiger partial charge in [0.15, 0.2) is 0 Å². The van der Waals surface area contributed by atoms with Gasteiger partial charge in [0, 0.05) is 32.4 Å². The first-order valence-electron chi connectivity index (χ1n) is 8.27. The molecule has 1 saturated heterocycles. The SMILES string of the molecule is COCCCC1CCCCN1S(=O)(=O)c1ccc(OC)cc1OC. The molecule has 1 heterocycles. The molecule has 136 valence electrons. The van der Waals surface area contributed by atoms with Gasteiger partial charge < -0.3 is 14.2 Å². The van der Waals surface area contributed by atoms with Crippen molar-refractivity contribution in [3.8, 4) is 11.5 Å². The maximum atomic E-state index is 13.2. The lowest BCUT2D eigenvalue weighted by Gasteiger charge is -2.35. The fraction of sp³-hybridized carbons (Fsp3) is 0.647. The van der Waals surface area contributed by atoms with Gasteiger partial charge in [-0.1, -0.05) is 6.42 Å². The van der Waals surface area contributed by atoms with E-state index in [1.165, 1.54) is 7.11 Å². The van der Waals surface area contributed by atoms with Gasteiger partial charge in [0.05, 0.1) is 14.2 Å². The number of hydrogen-bond donors (Lipinski definition) is 0. The Balaban J connectivity index is 2.29. The standard InChI is InChI=1S/C17H27NO5S/c1-21-12-6-8-14-7-4-5-11-18(14)24(19,20)17-10-9-15(22-2)13-16(17)23-3/h9-10,13-14H,4-8,11-12H2,1-3H3. The lowest BCUT2D eigenvalue weighted by molar-refractivity contribution is 0.172. The Kier molecular flexibility index (Phi) is 6.89. The first kappa shape index (κ1) is 19.0. The fourth-order valence-electron chi connectivity index (χ4n) is 3.16. The number of rotatable bonds is 8. The van der Waals surface area contributed by atoms with Crippen LogP contribution in [-0.2, 0) is 14.8 Å². The summed E-state index contributed by atoms with van der Waals surface area (Å²) in [4.78, 5) is 0.199. The summed E-state index contributed by atoms with van der Waals surface area (Å²) in [6.45, 7) is 1.20. The van der Waals surface area contributed by atoms with Crippen LogP contribution in [0.4, 0.5) is 0 Å². The van der Waals surface area contributed by atoms with Crippen molar-refractivity contribution in [2.75, 3.05) is 34.5 Å². The molecule has 6 nitrogen and oxygen atoms in total. The average molecular weight is 357 g/mol. The highest BCUT2D eigenvalue weighted by atomic mass is 32.2. The van der Waals surface area contributed by atoms with E-state index >= 15 is 0 Å². The molecule has 1 aromatic carbocycles. The molecular formula is C17H27NO5S. The molecular weight excluding hydrogens is 330 g/mol. The van der Waals surface area contributed by atoms with Crippen LogP contribution < -0.4 is 9.47 Å². The molecule has 2 rings (SSSR count). The summed E-state index contributed by atoms with van der Waals surface area (Å²) in [7, 11) is 1.07. The van der Waals surface area contributed by atoms with Gasteiger partial charge in [-0.05, 0) is 37.8 Å². The minimum Gasteiger partial charge on any atom is -0.497 e. The van der Waals surface area contributed by atoms with Crippen LogP contribution in [0.25, 0.3) is 0 Å². The molecule has 0 bridgehead atoms. The summed E-state index contributed by atoms with van der Waals surface area (Å²) < 4.78 is 43.5. The van der Waals surface area contributed by atoms with E-state index in [-0.39, 0.29) is 10.9 Å². The zero-order valence-electron chi connectivity index (χ0n) is 14.7. The maximum absolute atomic E-state index is 13.2. The Labute approximate surface area is 144 Å². The molecule has 0 N–H and O–H groups in total. The molecule has 24 heavy (non-hydrogen) atoms. The first-order valence-corrected chi connectivity index (χ1v) is 9.71. The van der Waals surface area contributed by atoms with Gasteiger partial charge in [0.2, 0.25) is 10.0 Å². The van der Waals surface area contributed by atoms with Crippen LogP contribution in [0.15, 0.2) is 23.1 Å². The topological polar surface area (TPSA) is 65.1 Å². The van der Waals surface area contributed by atoms with Crippen LogP contribution in [0.5, 0.6) is 11.5 Å². The monoisotopic (exact) mass is 357 g/mol. The van der Waals surface area contributed by atoms with Gasteiger partial charge in [0.1, 0.15) is 16.4 Å². The molecule has 1 atom stereocenters. The Morgan fingerprint density at radius 1 is 1.17 bits per heavy atom. The van der Waals surface area contributed by atoms with Crippen molar-refractivity contribution in [1.29, 1.82) is 0 Å². The summed E-state index contributed by atoms with van der Waals surface area (Å²) in [6, 6.07) is 4.84. The number of sulfonamides is 1. The molecule has 0 aromatic heterocycles. The number of ether oxygens (including phenoxy) is 3. The smallest absolute Gasteiger partial charge is 0.247 e. The first-order chi connectivity index (χ1) is 11.5. The predicted molar refractivity (Wildman–Crippen MR) is 92.2 cm³/mol. The van der Waals surface area contributed by atoms with Gasteiger partial charge in [-0.25, -0.2) is 8.42 Å². The summed E-state index contributed by atoms with van der Waals surface area (Å²) >= 11 is 0. The van der Waals surface area contributed by atoms with Crippen molar-refractivity contribution >= 4 is 10.0 Å². The molecule has 1 fully saturated rings. The molecule has 1 unspecified atom stereocenters. The third kappa shape index (κ3) is 4.20. The van der Waals surface area contributed by atoms with Crippen molar-refractivity contribution in [1.82, 2.24) is 4.31 Å². The van der Waals surface area contributed by atoms with Crippen LogP contribution in [0.2, 0.25) is 0 Å². The van der Waals surface area contributed by atoms with Crippen LogP contribution in [0.3, 0.4) is 0 Å². The van der Waals surface area contributed by atoms with Gasteiger partial charge in [-0.2, -0.15) is 4.31 Å². The van der Waals surface area contributed by atoms with E-state index in [2.05, 4.69) is 0 Å². The van der Waals surface area contributed by atoms with E-state index in [1.54, 1.807) is 36.7 Å². The van der Waals surface area contributed by atoms with E-state index in [0.29, 0.717) is 24.7 Å². The average Bonchev–Trinajstić information content (AvgIpc) is 2.61. The highest BCUT2D eigenvalue weighted by Gasteiger charge is 2.35. The lowest BCUT2D eigenvalue weighted by Crippen LogP contribution is -2.43. The molecule has 0 spiro atoms. The zero-order chi connectivity index (χ0) is 17.6. The quantitative estimate of drug-likeness (QED) is 0.669. The third-order valence-corrected chi connectivity index (χ3v) is 6.41. The summed E-state index contributed by atoms with van der Waals surface area (Å²) in [5.74, 6) is 0.886. The van der Waals surface area contributed by atoms with Crippen molar-refractivity contribution in [3.63, 3.8) is 0 Å². The summed E-state index contributed by atoms with van der Waals surface area (Å²) in [5, 5.41) is 0. The van der Waals surface area contributed by atoms with E-state index in [9.17, 15) is 8.42 Å². The van der Waals surface area contributed by atoms with Crippen LogP contribution >= 0.6 is 0 Å². The predicted octanol–water partition coefficient (Wildman–Crippen LogP) is 2.67. The van der Waals surface area contributed by atoms with Crippen LogP contribution in [0.1, 0.15) is 32.1 Å². The Bertz CT molecular complexity index is 632. The van der Waals surface area contributed by atoms with E-state index in [0.717, 1.165) is 32.1 Å². The highest BCUT2D eigenvalue weighted by molar-refractivity contribution is 7.89. The second-order valence-corrected chi connectivity index (χ2v) is 7.78. The molecule has 1 aliphatic rings. The third-order valence-electron chi connectivity index (χ3n) is 4.42. The Hall–Kier alpha value is -1.31. The molecule has 0 amide bonds. The van der Waals surface area contributed by atoms with Gasteiger partial charge in [-0.15, -0.1) is 0 Å². The van der Waals surface area contributed by atoms with E-state index in [4.69, 9.17) is 14.2 Å². The second-order valence-electron chi connectivity index (χ2n) is 5.92. The minimum atomic E-state index is -3.60. The van der Waals surface area contributed by atoms with Crippen LogP contribution in [-0.4, -0.2) is 53.2 Å². The van der Waals surface area contributed by atoms with E-state index < -0.39 is 10.0 Å². The van der Waals surface area contributed by atoms with Crippen molar-refractivity contribution in [2.24, 2.45) is 0 Å². The van der Waals surface area contributed by atoms with Crippen molar-refractivity contribution < 1.29 is 22.6 Å². The number of methoxy groups -OCH3 is 3. The highest BCUT2D eigenvalue weighted by Crippen LogP contribution is 2.34. The number of benzene rings is 1. The number of piperidine rings is 1. The largest absolute Gasteiger partial charge is 0.497 e. The lowest BCUT2D eigenvalue weighted by atomic mass is 10.0. The van der Waals surface area contributed by atoms with Gasteiger partial charge >= 0.3 is 0 Å². The van der Waals surface area contributed by atoms with Crippen molar-refractivity contribution in [2.45, 2.75) is 43.0 Å². The summed E-state index contributed by atoms with van der Waals surface area (Å²) in [6.07, 6.45) is 4.50. The minimum absolute atomic E-state index is 0.0192. The molecule has 0 saturated carbocycles. The fourth-order valence-corrected chi connectivity index (χ4v) is 5.02. The second kappa shape index (κ2) is 8.69. The molecule has 0 radical (unpaired) electrons. The molecule has 1 aromatic rings. The number of hydrogen-bond acceptors (Lipinski definition) is 5. The molecule has 1 aliphatic heterocycles. The zero-order valence-corrected chi connectivity index (χ0v) is 15.5. The van der Waals surface area contributed by atoms with E-state index in [1.807, 2.05) is 0 Å². The van der Waals surface area contributed by atoms with Gasteiger partial charge in [-0.3, -0.25) is 0 Å². The van der Waals surface area contributed by atoms with Gasteiger partial charge in [0.25, 0.3) is 0 Å². The summed E-state index contributed by atoms with van der Waals surface area (Å²) in [5.41, 5.74) is 0. The van der Waals surface area contributed by atoms with Crippen molar-refractivity contribution in [3.05, 3.63) is 18.2 Å². The maximum Gasteiger partial charge on any atom is 0.247 e. The Morgan fingerprint density at radius 3 is 2.62 bits per heavy atom. The molecule has 7 heteroatoms. The normalized spacial score (nSPS) is 19.2. The Morgan fingerprint density at radius 2 is 1.96 bits per heavy atom. The molecule has 0 aliphatic carbocycles. The van der Waals surface area contributed by atoms with Crippen LogP contribution in [0, 0.1) is 0 Å².